The van der Waals surface area contributed by atoms with Crippen LogP contribution in [0, 0.1) is 0 Å². The van der Waals surface area contributed by atoms with Gasteiger partial charge in [-0.2, -0.15) is 0 Å². The summed E-state index contributed by atoms with van der Waals surface area (Å²) < 4.78 is 5.00. The fraction of sp³-hybridized carbons (Fsp3) is 0.109. The van der Waals surface area contributed by atoms with E-state index in [1.54, 1.807) is 0 Å². The van der Waals surface area contributed by atoms with Crippen LogP contribution in [0.4, 0.5) is 34.1 Å². The van der Waals surface area contributed by atoms with E-state index in [1.807, 2.05) is 0 Å². The Morgan fingerprint density at radius 2 is 0.518 bits per heavy atom. The van der Waals surface area contributed by atoms with E-state index in [-0.39, 0.29) is 21.7 Å². The van der Waals surface area contributed by atoms with Gasteiger partial charge >= 0.3 is 0 Å². The van der Waals surface area contributed by atoms with Crippen LogP contribution in [0.5, 0.6) is 0 Å². The Hall–Kier alpha value is -13.5. The molecule has 2 heterocycles. The SMILES string of the molecule is CC1(C)c2ccccc2-c2ccc(N(c3ccccc3)c3ccc(-c4ccc5c(c4)c4c(n5-c5ccc(-c6ccccc6)cc5)-c5ccccc5C4(C)C)cc3)cc21.CC1(C)c2ccccc2-c2ccc(N(c3ccccc3)c3ccc(-c4ccc5c(c4)c4c(n5-c5ccc6ccccc6c5)-c5ccccc5C4(C)C)cc3)cc21. The molecule has 0 unspecified atom stereocenters. The standard InChI is InChI=1S/C56H44N2.C54H42N2/c1-55(2)49-21-13-11-19-45(49)46-33-32-44(36-51(46)55)57(41-17-9-6-10-18-41)42-28-25-39(26-29-42)40-27-34-52-48(35-40)53-54(47-20-12-14-22-50(47)56(53,3)4)58(52)43-30-23-38(24-31-43)37-15-7-5-8-16-37;1-53(2)47-20-12-10-18-43(47)44-30-29-42(34-49(44)53)55(39-16-6-5-7-17-39)40-26-22-36(23-27-40)38-25-31-50-46(33-38)51-52(45-19-11-13-21-48(45)54(51,3)4)56(50)41-28-24-35-14-8-9-15-37(35)32-41/h5-36H,1-4H3;5-34H,1-4H3. The van der Waals surface area contributed by atoms with Crippen molar-refractivity contribution in [2.24, 2.45) is 0 Å². The molecule has 16 aromatic carbocycles. The predicted molar refractivity (Wildman–Crippen MR) is 480 cm³/mol. The van der Waals surface area contributed by atoms with Gasteiger partial charge in [-0.05, 0) is 232 Å². The van der Waals surface area contributed by atoms with E-state index in [0.717, 1.165) is 34.1 Å². The molecule has 4 aliphatic rings. The first kappa shape index (κ1) is 68.5. The molecule has 0 radical (unpaired) electrons. The zero-order chi connectivity index (χ0) is 76.9. The highest BCUT2D eigenvalue weighted by molar-refractivity contribution is 6.04. The van der Waals surface area contributed by atoms with E-state index in [9.17, 15) is 0 Å². The Morgan fingerprint density at radius 3 is 0.974 bits per heavy atom. The Bertz CT molecular complexity index is 6870. The molecule has 0 bridgehead atoms. The number of anilines is 6. The Labute approximate surface area is 668 Å². The largest absolute Gasteiger partial charge is 0.310 e. The van der Waals surface area contributed by atoms with Crippen LogP contribution >= 0.6 is 0 Å². The number of fused-ring (bicyclic) bond motifs is 17. The van der Waals surface area contributed by atoms with Crippen LogP contribution in [0.15, 0.2) is 376 Å². The summed E-state index contributed by atoms with van der Waals surface area (Å²) in [5.74, 6) is 0. The monoisotopic (exact) mass is 1460 g/mol. The molecule has 0 amide bonds. The third-order valence-electron chi connectivity index (χ3n) is 25.7. The summed E-state index contributed by atoms with van der Waals surface area (Å²) in [5, 5.41) is 5.12. The minimum atomic E-state index is -0.149. The molecule has 18 aromatic rings. The van der Waals surface area contributed by atoms with Crippen molar-refractivity contribution in [3.8, 4) is 89.5 Å². The third-order valence-corrected chi connectivity index (χ3v) is 25.7. The lowest BCUT2D eigenvalue weighted by Gasteiger charge is -2.28. The second-order valence-electron chi connectivity index (χ2n) is 33.6. The van der Waals surface area contributed by atoms with Gasteiger partial charge in [0.1, 0.15) is 0 Å². The predicted octanol–water partition coefficient (Wildman–Crippen LogP) is 29.6. The van der Waals surface area contributed by atoms with Crippen molar-refractivity contribution >= 4 is 66.7 Å². The average molecular weight is 1460 g/mol. The molecule has 0 saturated carbocycles. The molecule has 0 aliphatic heterocycles. The van der Waals surface area contributed by atoms with Gasteiger partial charge in [-0.1, -0.05) is 310 Å². The number of rotatable bonds is 11. The molecule has 4 heteroatoms. The van der Waals surface area contributed by atoms with Gasteiger partial charge in [-0.25, -0.2) is 0 Å². The maximum atomic E-state index is 2.51. The van der Waals surface area contributed by atoms with E-state index in [2.05, 4.69) is 450 Å². The summed E-state index contributed by atoms with van der Waals surface area (Å²) in [7, 11) is 0. The highest BCUT2D eigenvalue weighted by atomic mass is 15.1. The third kappa shape index (κ3) is 10.6. The highest BCUT2D eigenvalue weighted by Gasteiger charge is 2.43. The van der Waals surface area contributed by atoms with Crippen molar-refractivity contribution in [3.05, 3.63) is 421 Å². The van der Waals surface area contributed by atoms with Crippen molar-refractivity contribution in [1.29, 1.82) is 0 Å². The fourth-order valence-electron chi connectivity index (χ4n) is 20.1. The summed E-state index contributed by atoms with van der Waals surface area (Å²) in [5.41, 5.74) is 40.3. The van der Waals surface area contributed by atoms with Crippen molar-refractivity contribution in [1.82, 2.24) is 9.13 Å². The van der Waals surface area contributed by atoms with E-state index in [1.165, 1.54) is 167 Å². The van der Waals surface area contributed by atoms with Crippen LogP contribution in [0.2, 0.25) is 0 Å². The molecule has 0 atom stereocenters. The number of nitrogens with zero attached hydrogens (tertiary/aromatic N) is 4. The fourth-order valence-corrected chi connectivity index (χ4v) is 20.1. The summed E-state index contributed by atoms with van der Waals surface area (Å²) >= 11 is 0. The maximum absolute atomic E-state index is 2.51. The maximum Gasteiger partial charge on any atom is 0.0585 e. The molecule has 0 fully saturated rings. The quantitative estimate of drug-likeness (QED) is 0.128. The smallest absolute Gasteiger partial charge is 0.0585 e. The zero-order valence-corrected chi connectivity index (χ0v) is 65.6. The molecule has 4 nitrogen and oxygen atoms in total. The lowest BCUT2D eigenvalue weighted by atomic mass is 9.81. The molecule has 0 spiro atoms. The van der Waals surface area contributed by atoms with Crippen molar-refractivity contribution in [2.45, 2.75) is 77.0 Å². The molecule has 0 N–H and O–H groups in total. The van der Waals surface area contributed by atoms with Crippen LogP contribution in [0.25, 0.3) is 122 Å². The van der Waals surface area contributed by atoms with Crippen molar-refractivity contribution < 1.29 is 0 Å². The van der Waals surface area contributed by atoms with Crippen LogP contribution < -0.4 is 9.80 Å². The topological polar surface area (TPSA) is 16.3 Å². The number of hydrogen-bond donors (Lipinski definition) is 0. The van der Waals surface area contributed by atoms with E-state index in [0.29, 0.717) is 0 Å². The molecule has 114 heavy (non-hydrogen) atoms. The van der Waals surface area contributed by atoms with Gasteiger partial charge in [-0.15, -0.1) is 0 Å². The molecule has 2 aromatic heterocycles. The molecule has 546 valence electrons. The first-order valence-corrected chi connectivity index (χ1v) is 40.2. The molecule has 4 aliphatic carbocycles. The first-order chi connectivity index (χ1) is 55.6. The first-order valence-electron chi connectivity index (χ1n) is 40.2. The lowest BCUT2D eigenvalue weighted by Crippen LogP contribution is -2.16. The Balaban J connectivity index is 0.000000143. The molecular formula is C110H86N4. The van der Waals surface area contributed by atoms with Crippen LogP contribution in [-0.2, 0) is 21.7 Å². The number of aromatic nitrogens is 2. The Kier molecular flexibility index (Phi) is 15.6. The highest BCUT2D eigenvalue weighted by Crippen LogP contribution is 2.58. The van der Waals surface area contributed by atoms with Gasteiger partial charge in [0.15, 0.2) is 0 Å². The second-order valence-corrected chi connectivity index (χ2v) is 33.6. The average Bonchev–Trinajstić information content (AvgIpc) is 1.56. The van der Waals surface area contributed by atoms with E-state index in [4.69, 9.17) is 0 Å². The van der Waals surface area contributed by atoms with Gasteiger partial charge in [0.05, 0.1) is 22.4 Å². The van der Waals surface area contributed by atoms with Gasteiger partial charge in [-0.3, -0.25) is 0 Å². The lowest BCUT2D eigenvalue weighted by molar-refractivity contribution is 0.660. The summed E-state index contributed by atoms with van der Waals surface area (Å²) in [6.45, 7) is 19.0. The van der Waals surface area contributed by atoms with Crippen LogP contribution in [-0.4, -0.2) is 9.13 Å². The van der Waals surface area contributed by atoms with Gasteiger partial charge in [0, 0.05) is 89.1 Å². The number of para-hydroxylation sites is 2. The van der Waals surface area contributed by atoms with Crippen molar-refractivity contribution in [2.75, 3.05) is 9.80 Å². The van der Waals surface area contributed by atoms with Crippen LogP contribution in [0.3, 0.4) is 0 Å². The minimum Gasteiger partial charge on any atom is -0.310 e. The Morgan fingerprint density at radius 1 is 0.202 bits per heavy atom. The number of hydrogen-bond acceptors (Lipinski definition) is 2. The van der Waals surface area contributed by atoms with E-state index >= 15 is 0 Å². The number of benzene rings is 16. The van der Waals surface area contributed by atoms with Gasteiger partial charge in [0.2, 0.25) is 0 Å². The second kappa shape index (κ2) is 26.0. The molecule has 0 saturated heterocycles. The normalized spacial score (nSPS) is 14.2. The van der Waals surface area contributed by atoms with Gasteiger partial charge in [0.25, 0.3) is 0 Å². The summed E-state index contributed by atoms with van der Waals surface area (Å²) in [6, 6.07) is 139. The van der Waals surface area contributed by atoms with Crippen LogP contribution in [0.1, 0.15) is 99.9 Å². The molecular weight excluding hydrogens is 1380 g/mol. The van der Waals surface area contributed by atoms with Gasteiger partial charge < -0.3 is 18.9 Å². The van der Waals surface area contributed by atoms with E-state index < -0.39 is 0 Å². The summed E-state index contributed by atoms with van der Waals surface area (Å²) in [6.07, 6.45) is 0. The zero-order valence-electron chi connectivity index (χ0n) is 65.6. The summed E-state index contributed by atoms with van der Waals surface area (Å²) in [4.78, 5) is 4.78. The van der Waals surface area contributed by atoms with Crippen molar-refractivity contribution in [3.63, 3.8) is 0 Å². The molecule has 22 rings (SSSR count). The minimum absolute atomic E-state index is 0.0733.